The van der Waals surface area contributed by atoms with Gasteiger partial charge in [-0.1, -0.05) is 84.9 Å². The molecular formula is C33H20N4. The van der Waals surface area contributed by atoms with Gasteiger partial charge in [-0.25, -0.2) is 9.97 Å². The number of aromatic nitrogens is 3. The average Bonchev–Trinajstić information content (AvgIpc) is 2.97. The third-order valence-electron chi connectivity index (χ3n) is 7.28. The minimum atomic E-state index is 0.658. The number of benzene rings is 5. The lowest BCUT2D eigenvalue weighted by molar-refractivity contribution is 1.12. The number of fused-ring (bicyclic) bond motifs is 5. The minimum absolute atomic E-state index is 0.658. The second-order valence-electron chi connectivity index (χ2n) is 9.32. The number of hydrogen-bond acceptors (Lipinski definition) is 4. The molecule has 3 heterocycles. The van der Waals surface area contributed by atoms with E-state index in [1.165, 1.54) is 32.7 Å². The number of nitrogens with zero attached hydrogens (tertiary/aromatic N) is 4. The summed E-state index contributed by atoms with van der Waals surface area (Å²) in [5.41, 5.74) is 7.45. The van der Waals surface area contributed by atoms with Crippen molar-refractivity contribution >= 4 is 49.8 Å². The molecule has 37 heavy (non-hydrogen) atoms. The van der Waals surface area contributed by atoms with E-state index in [2.05, 4.69) is 94.8 Å². The maximum absolute atomic E-state index is 5.25. The van der Waals surface area contributed by atoms with Gasteiger partial charge in [0.15, 0.2) is 0 Å². The van der Waals surface area contributed by atoms with E-state index in [0.717, 1.165) is 33.5 Å². The van der Waals surface area contributed by atoms with Gasteiger partial charge >= 0.3 is 0 Å². The first-order chi connectivity index (χ1) is 18.4. The zero-order chi connectivity index (χ0) is 24.3. The maximum atomic E-state index is 5.25. The van der Waals surface area contributed by atoms with Crippen LogP contribution < -0.4 is 4.90 Å². The van der Waals surface area contributed by atoms with E-state index >= 15 is 0 Å². The maximum Gasteiger partial charge on any atom is 0.235 e. The van der Waals surface area contributed by atoms with Crippen LogP contribution in [-0.2, 0) is 0 Å². The Morgan fingerprint density at radius 3 is 2.19 bits per heavy atom. The normalized spacial score (nSPS) is 12.3. The van der Waals surface area contributed by atoms with E-state index in [1.54, 1.807) is 0 Å². The summed E-state index contributed by atoms with van der Waals surface area (Å²) in [5, 5.41) is 5.80. The van der Waals surface area contributed by atoms with Crippen molar-refractivity contribution in [2.24, 2.45) is 0 Å². The third kappa shape index (κ3) is 2.93. The summed E-state index contributed by atoms with van der Waals surface area (Å²) in [7, 11) is 0. The summed E-state index contributed by atoms with van der Waals surface area (Å²) in [4.78, 5) is 16.9. The van der Waals surface area contributed by atoms with Gasteiger partial charge in [0.1, 0.15) is 0 Å². The van der Waals surface area contributed by atoms with Crippen LogP contribution in [0.1, 0.15) is 0 Å². The van der Waals surface area contributed by atoms with Crippen LogP contribution in [0, 0.1) is 0 Å². The Kier molecular flexibility index (Phi) is 4.19. The Bertz CT molecular complexity index is 1990. The van der Waals surface area contributed by atoms with Crippen molar-refractivity contribution in [3.63, 3.8) is 0 Å². The summed E-state index contributed by atoms with van der Waals surface area (Å²) in [6.45, 7) is 0. The summed E-state index contributed by atoms with van der Waals surface area (Å²) in [6, 6.07) is 38.3. The van der Waals surface area contributed by atoms with E-state index in [0.29, 0.717) is 5.95 Å². The predicted molar refractivity (Wildman–Crippen MR) is 151 cm³/mol. The lowest BCUT2D eigenvalue weighted by Gasteiger charge is -2.33. The molecule has 1 aliphatic rings. The van der Waals surface area contributed by atoms with Gasteiger partial charge in [-0.3, -0.25) is 9.88 Å². The lowest BCUT2D eigenvalue weighted by atomic mass is 9.89. The molecule has 0 aliphatic carbocycles. The molecule has 172 valence electrons. The topological polar surface area (TPSA) is 41.9 Å². The number of anilines is 3. The van der Waals surface area contributed by atoms with Gasteiger partial charge in [0, 0.05) is 39.7 Å². The molecule has 0 saturated heterocycles. The molecule has 5 aromatic carbocycles. The van der Waals surface area contributed by atoms with Crippen LogP contribution in [0.4, 0.5) is 17.3 Å². The van der Waals surface area contributed by atoms with Gasteiger partial charge < -0.3 is 0 Å². The molecule has 0 saturated carbocycles. The summed E-state index contributed by atoms with van der Waals surface area (Å²) >= 11 is 0. The molecule has 0 fully saturated rings. The van der Waals surface area contributed by atoms with Gasteiger partial charge in [0.25, 0.3) is 0 Å². The van der Waals surface area contributed by atoms with Crippen LogP contribution in [0.3, 0.4) is 0 Å². The zero-order valence-corrected chi connectivity index (χ0v) is 19.8. The van der Waals surface area contributed by atoms with Crippen molar-refractivity contribution in [3.8, 4) is 22.4 Å². The van der Waals surface area contributed by atoms with Crippen molar-refractivity contribution in [1.29, 1.82) is 0 Å². The Labute approximate surface area is 213 Å². The number of para-hydroxylation sites is 1. The highest BCUT2D eigenvalue weighted by molar-refractivity contribution is 6.18. The van der Waals surface area contributed by atoms with Crippen LogP contribution in [0.2, 0.25) is 0 Å². The zero-order valence-electron chi connectivity index (χ0n) is 19.8. The first-order valence-corrected chi connectivity index (χ1v) is 12.4. The standard InChI is InChI=1S/C33H20N4/c1-2-10-24-21(7-1)15-16-26-25-12-5-8-22-9-6-14-29(30(22)25)37(32(24)26)33-35-28-13-4-3-11-27(28)31(36-33)23-17-19-34-20-18-23/h1-20H. The molecule has 4 heteroatoms. The quantitative estimate of drug-likeness (QED) is 0.253. The molecule has 0 spiro atoms. The van der Waals surface area contributed by atoms with Gasteiger partial charge in [0.05, 0.1) is 22.6 Å². The van der Waals surface area contributed by atoms with Gasteiger partial charge in [-0.15, -0.1) is 0 Å². The number of pyridine rings is 1. The molecule has 7 aromatic rings. The molecule has 8 rings (SSSR count). The largest absolute Gasteiger partial charge is 0.277 e. The number of rotatable bonds is 2. The molecule has 0 N–H and O–H groups in total. The smallest absolute Gasteiger partial charge is 0.235 e. The second kappa shape index (κ2) is 7.70. The first kappa shape index (κ1) is 20.1. The third-order valence-corrected chi connectivity index (χ3v) is 7.28. The summed E-state index contributed by atoms with van der Waals surface area (Å²) in [6.07, 6.45) is 3.62. The van der Waals surface area contributed by atoms with Crippen molar-refractivity contribution in [1.82, 2.24) is 15.0 Å². The monoisotopic (exact) mass is 472 g/mol. The Hall–Kier alpha value is -5.09. The van der Waals surface area contributed by atoms with Crippen LogP contribution in [0.25, 0.3) is 54.8 Å². The fraction of sp³-hybridized carbons (Fsp3) is 0. The van der Waals surface area contributed by atoms with E-state index in [9.17, 15) is 0 Å². The van der Waals surface area contributed by atoms with Crippen LogP contribution in [0.5, 0.6) is 0 Å². The van der Waals surface area contributed by atoms with Gasteiger partial charge in [0.2, 0.25) is 5.95 Å². The number of hydrogen-bond donors (Lipinski definition) is 0. The summed E-state index contributed by atoms with van der Waals surface area (Å²) < 4.78 is 0. The Morgan fingerprint density at radius 1 is 0.541 bits per heavy atom. The molecule has 4 nitrogen and oxygen atoms in total. The molecule has 0 unspecified atom stereocenters. The van der Waals surface area contributed by atoms with Crippen molar-refractivity contribution in [2.45, 2.75) is 0 Å². The molecule has 2 aromatic heterocycles. The van der Waals surface area contributed by atoms with Crippen molar-refractivity contribution < 1.29 is 0 Å². The van der Waals surface area contributed by atoms with E-state index in [-0.39, 0.29) is 0 Å². The minimum Gasteiger partial charge on any atom is -0.277 e. The van der Waals surface area contributed by atoms with Crippen LogP contribution in [-0.4, -0.2) is 15.0 Å². The Morgan fingerprint density at radius 2 is 1.30 bits per heavy atom. The fourth-order valence-electron chi connectivity index (χ4n) is 5.67. The molecule has 0 atom stereocenters. The SMILES string of the molecule is c1ccc2c3c(ccc2c1)-c1cccc2cccc(c12)N3c1nc(-c2ccncc2)c2ccccc2n1. The first-order valence-electron chi connectivity index (χ1n) is 12.4. The molecule has 0 bridgehead atoms. The Balaban J connectivity index is 1.53. The van der Waals surface area contributed by atoms with E-state index < -0.39 is 0 Å². The highest BCUT2D eigenvalue weighted by Crippen LogP contribution is 2.52. The van der Waals surface area contributed by atoms with Gasteiger partial charge in [-0.05, 0) is 40.6 Å². The van der Waals surface area contributed by atoms with E-state index in [4.69, 9.17) is 9.97 Å². The van der Waals surface area contributed by atoms with Crippen molar-refractivity contribution in [2.75, 3.05) is 4.90 Å². The highest BCUT2D eigenvalue weighted by atomic mass is 15.3. The lowest BCUT2D eigenvalue weighted by Crippen LogP contribution is -2.18. The predicted octanol–water partition coefficient (Wildman–Crippen LogP) is 8.45. The molecular weight excluding hydrogens is 452 g/mol. The van der Waals surface area contributed by atoms with Gasteiger partial charge in [-0.2, -0.15) is 0 Å². The van der Waals surface area contributed by atoms with Crippen molar-refractivity contribution in [3.05, 3.63) is 122 Å². The highest BCUT2D eigenvalue weighted by Gasteiger charge is 2.29. The second-order valence-corrected chi connectivity index (χ2v) is 9.32. The van der Waals surface area contributed by atoms with Crippen LogP contribution >= 0.6 is 0 Å². The summed E-state index contributed by atoms with van der Waals surface area (Å²) in [5.74, 6) is 0.658. The average molecular weight is 473 g/mol. The van der Waals surface area contributed by atoms with E-state index in [1.807, 2.05) is 36.7 Å². The van der Waals surface area contributed by atoms with Crippen LogP contribution in [0.15, 0.2) is 122 Å². The molecule has 0 radical (unpaired) electrons. The molecule has 1 aliphatic heterocycles. The molecule has 0 amide bonds. The fourth-order valence-corrected chi connectivity index (χ4v) is 5.67.